The smallest absolute Gasteiger partial charge is 0.133 e. The van der Waals surface area contributed by atoms with Gasteiger partial charge in [0.2, 0.25) is 0 Å². The molecule has 1 N–H and O–H groups in total. The summed E-state index contributed by atoms with van der Waals surface area (Å²) >= 11 is 3.41. The van der Waals surface area contributed by atoms with Crippen LogP contribution < -0.4 is 4.74 Å². The number of ether oxygens (including phenoxy) is 1. The van der Waals surface area contributed by atoms with Gasteiger partial charge in [-0.05, 0) is 70.1 Å². The molecule has 1 fully saturated rings. The average Bonchev–Trinajstić information content (AvgIpc) is 2.41. The Morgan fingerprint density at radius 2 is 2.10 bits per heavy atom. The van der Waals surface area contributed by atoms with Crippen LogP contribution in [0, 0.1) is 17.3 Å². The van der Waals surface area contributed by atoms with Crippen LogP contribution in [0.15, 0.2) is 28.8 Å². The molecule has 2 nitrogen and oxygen atoms in total. The lowest BCUT2D eigenvalue weighted by atomic mass is 9.60. The van der Waals surface area contributed by atoms with E-state index in [0.29, 0.717) is 17.6 Å². The molecule has 0 heterocycles. The second kappa shape index (κ2) is 6.04. The van der Waals surface area contributed by atoms with Gasteiger partial charge in [0, 0.05) is 0 Å². The first-order chi connectivity index (χ1) is 9.77. The average molecular weight is 353 g/mol. The molecule has 0 aromatic heterocycles. The van der Waals surface area contributed by atoms with E-state index in [-0.39, 0.29) is 5.41 Å². The van der Waals surface area contributed by atoms with Crippen molar-refractivity contribution in [3.8, 4) is 11.5 Å². The van der Waals surface area contributed by atoms with E-state index < -0.39 is 0 Å². The van der Waals surface area contributed by atoms with Crippen molar-refractivity contribution in [1.29, 1.82) is 0 Å². The molecular formula is C18H25BrO2. The Kier molecular flexibility index (Phi) is 4.72. The fraction of sp³-hybridized carbons (Fsp3) is 0.556. The van der Waals surface area contributed by atoms with Crippen molar-refractivity contribution in [3.05, 3.63) is 34.3 Å². The van der Waals surface area contributed by atoms with Gasteiger partial charge in [-0.3, -0.25) is 0 Å². The van der Waals surface area contributed by atoms with Gasteiger partial charge in [-0.25, -0.2) is 0 Å². The highest BCUT2D eigenvalue weighted by molar-refractivity contribution is 9.10. The zero-order valence-electron chi connectivity index (χ0n) is 13.4. The Morgan fingerprint density at radius 3 is 2.71 bits per heavy atom. The molecule has 116 valence electrons. The first-order valence-electron chi connectivity index (χ1n) is 7.50. The van der Waals surface area contributed by atoms with Crippen LogP contribution in [0.2, 0.25) is 0 Å². The number of aromatic hydroxyl groups is 1. The minimum atomic E-state index is 0.197. The third-order valence-corrected chi connectivity index (χ3v) is 5.96. The van der Waals surface area contributed by atoms with Crippen molar-refractivity contribution in [3.63, 3.8) is 0 Å². The number of halogens is 1. The number of methoxy groups -OCH3 is 1. The largest absolute Gasteiger partial charge is 0.508 e. The van der Waals surface area contributed by atoms with Gasteiger partial charge in [-0.1, -0.05) is 32.9 Å². The quantitative estimate of drug-likeness (QED) is 0.744. The third kappa shape index (κ3) is 3.13. The van der Waals surface area contributed by atoms with Gasteiger partial charge in [-0.2, -0.15) is 0 Å². The summed E-state index contributed by atoms with van der Waals surface area (Å²) in [6.45, 7) is 11.2. The summed E-state index contributed by atoms with van der Waals surface area (Å²) in [5, 5.41) is 10.2. The molecule has 0 aliphatic heterocycles. The van der Waals surface area contributed by atoms with E-state index in [2.05, 4.69) is 43.3 Å². The number of benzene rings is 1. The van der Waals surface area contributed by atoms with Crippen LogP contribution >= 0.6 is 15.9 Å². The predicted octanol–water partition coefficient (Wildman–Crippen LogP) is 5.33. The molecule has 2 unspecified atom stereocenters. The normalized spacial score (nSPS) is 24.9. The van der Waals surface area contributed by atoms with E-state index in [4.69, 9.17) is 4.74 Å². The molecule has 3 heteroatoms. The van der Waals surface area contributed by atoms with Crippen molar-refractivity contribution >= 4 is 15.9 Å². The van der Waals surface area contributed by atoms with Gasteiger partial charge in [0.1, 0.15) is 11.5 Å². The Bertz CT molecular complexity index is 548. The van der Waals surface area contributed by atoms with Crippen LogP contribution in [0.1, 0.15) is 39.2 Å². The van der Waals surface area contributed by atoms with E-state index in [1.165, 1.54) is 12.0 Å². The van der Waals surface area contributed by atoms with Gasteiger partial charge in [-0.15, -0.1) is 0 Å². The minimum absolute atomic E-state index is 0.197. The van der Waals surface area contributed by atoms with Crippen LogP contribution in [-0.4, -0.2) is 12.2 Å². The Labute approximate surface area is 136 Å². The van der Waals surface area contributed by atoms with Gasteiger partial charge in [0.25, 0.3) is 0 Å². The van der Waals surface area contributed by atoms with Crippen LogP contribution in [0.25, 0.3) is 0 Å². The second-order valence-corrected chi connectivity index (χ2v) is 7.65. The molecule has 2 rings (SSSR count). The number of phenols is 1. The molecular weight excluding hydrogens is 328 g/mol. The molecule has 0 spiro atoms. The Morgan fingerprint density at radius 1 is 1.43 bits per heavy atom. The predicted molar refractivity (Wildman–Crippen MR) is 90.9 cm³/mol. The zero-order chi connectivity index (χ0) is 15.8. The summed E-state index contributed by atoms with van der Waals surface area (Å²) in [5.74, 6) is 2.13. The highest BCUT2D eigenvalue weighted by Gasteiger charge is 2.39. The number of hydrogen-bond acceptors (Lipinski definition) is 2. The first kappa shape index (κ1) is 16.4. The standard InChI is InChI=1S/C18H25BrO2/c1-11-6-7-12(2)18(3,4)14(11)8-13-9-17(21-5)15(19)10-16(13)20/h9-10,12,14,20H,1,6-8H2,2-5H3. The molecule has 0 amide bonds. The maximum Gasteiger partial charge on any atom is 0.133 e. The van der Waals surface area contributed by atoms with Crippen LogP contribution in [-0.2, 0) is 6.42 Å². The molecule has 2 atom stereocenters. The fourth-order valence-electron chi connectivity index (χ4n) is 3.35. The third-order valence-electron chi connectivity index (χ3n) is 5.34. The van der Waals surface area contributed by atoms with Gasteiger partial charge >= 0.3 is 0 Å². The maximum atomic E-state index is 10.2. The summed E-state index contributed by atoms with van der Waals surface area (Å²) in [7, 11) is 1.65. The van der Waals surface area contributed by atoms with Crippen molar-refractivity contribution in [2.45, 2.75) is 40.0 Å². The monoisotopic (exact) mass is 352 g/mol. The Hall–Kier alpha value is -0.960. The van der Waals surface area contributed by atoms with Crippen molar-refractivity contribution in [1.82, 2.24) is 0 Å². The van der Waals surface area contributed by atoms with Gasteiger partial charge in [0.15, 0.2) is 0 Å². The lowest BCUT2D eigenvalue weighted by Crippen LogP contribution is -2.37. The molecule has 21 heavy (non-hydrogen) atoms. The summed E-state index contributed by atoms with van der Waals surface area (Å²) < 4.78 is 6.13. The molecule has 0 saturated heterocycles. The highest BCUT2D eigenvalue weighted by Crippen LogP contribution is 2.49. The van der Waals surface area contributed by atoms with Crippen LogP contribution in [0.3, 0.4) is 0 Å². The lowest BCUT2D eigenvalue weighted by molar-refractivity contribution is 0.112. The van der Waals surface area contributed by atoms with E-state index >= 15 is 0 Å². The topological polar surface area (TPSA) is 29.5 Å². The van der Waals surface area contributed by atoms with E-state index in [1.807, 2.05) is 6.07 Å². The van der Waals surface area contributed by atoms with Crippen LogP contribution in [0.4, 0.5) is 0 Å². The van der Waals surface area contributed by atoms with Gasteiger partial charge in [0.05, 0.1) is 11.6 Å². The molecule has 0 bridgehead atoms. The van der Waals surface area contributed by atoms with E-state index in [1.54, 1.807) is 13.2 Å². The van der Waals surface area contributed by atoms with Crippen molar-refractivity contribution < 1.29 is 9.84 Å². The zero-order valence-corrected chi connectivity index (χ0v) is 15.0. The molecule has 1 aliphatic rings. The Balaban J connectivity index is 2.34. The van der Waals surface area contributed by atoms with Crippen LogP contribution in [0.5, 0.6) is 11.5 Å². The van der Waals surface area contributed by atoms with E-state index in [0.717, 1.165) is 28.6 Å². The number of hydrogen-bond donors (Lipinski definition) is 1. The fourth-order valence-corrected chi connectivity index (χ4v) is 3.84. The van der Waals surface area contributed by atoms with Crippen molar-refractivity contribution in [2.24, 2.45) is 17.3 Å². The summed E-state index contributed by atoms with van der Waals surface area (Å²) in [6, 6.07) is 3.65. The minimum Gasteiger partial charge on any atom is -0.508 e. The highest BCUT2D eigenvalue weighted by atomic mass is 79.9. The summed E-state index contributed by atoms with van der Waals surface area (Å²) in [5.41, 5.74) is 2.44. The molecule has 0 radical (unpaired) electrons. The molecule has 1 aromatic carbocycles. The first-order valence-corrected chi connectivity index (χ1v) is 8.29. The molecule has 1 aromatic rings. The number of rotatable bonds is 3. The van der Waals surface area contributed by atoms with Crippen molar-refractivity contribution in [2.75, 3.05) is 7.11 Å². The molecule has 1 saturated carbocycles. The van der Waals surface area contributed by atoms with E-state index in [9.17, 15) is 5.11 Å². The van der Waals surface area contributed by atoms with Gasteiger partial charge < -0.3 is 9.84 Å². The number of phenolic OH excluding ortho intramolecular Hbond substituents is 1. The summed E-state index contributed by atoms with van der Waals surface area (Å²) in [6.07, 6.45) is 3.10. The lowest BCUT2D eigenvalue weighted by Gasteiger charge is -2.45. The summed E-state index contributed by atoms with van der Waals surface area (Å²) in [4.78, 5) is 0. The second-order valence-electron chi connectivity index (χ2n) is 6.79. The SMILES string of the molecule is C=C1CCC(C)C(C)(C)C1Cc1cc(OC)c(Br)cc1O. The number of allylic oxidation sites excluding steroid dienone is 1. The maximum absolute atomic E-state index is 10.2. The molecule has 1 aliphatic carbocycles.